The molecule has 1 aromatic carbocycles. The van der Waals surface area contributed by atoms with E-state index in [0.717, 1.165) is 43.7 Å². The van der Waals surface area contributed by atoms with Crippen LogP contribution >= 0.6 is 24.0 Å². The highest BCUT2D eigenvalue weighted by Crippen LogP contribution is 2.42. The van der Waals surface area contributed by atoms with Crippen LogP contribution in [-0.2, 0) is 16.3 Å². The molecule has 3 rings (SSSR count). The molecule has 0 amide bonds. The summed E-state index contributed by atoms with van der Waals surface area (Å²) in [4.78, 5) is 4.75. The van der Waals surface area contributed by atoms with Crippen molar-refractivity contribution in [1.29, 1.82) is 0 Å². The fraction of sp³-hybridized carbons (Fsp3) is 0.696. The number of hydrogen-bond donors (Lipinski definition) is 3. The number of alkyl halides is 3. The maximum atomic E-state index is 13.3. The van der Waals surface area contributed by atoms with Crippen LogP contribution in [0.2, 0.25) is 0 Å². The van der Waals surface area contributed by atoms with Crippen LogP contribution in [0.15, 0.2) is 29.3 Å². The molecule has 0 aromatic heterocycles. The van der Waals surface area contributed by atoms with Crippen LogP contribution < -0.4 is 10.6 Å². The zero-order valence-corrected chi connectivity index (χ0v) is 21.0. The second-order valence-electron chi connectivity index (χ2n) is 8.89. The van der Waals surface area contributed by atoms with Crippen LogP contribution in [0, 0.1) is 5.41 Å². The van der Waals surface area contributed by atoms with Crippen molar-refractivity contribution in [3.8, 4) is 0 Å². The van der Waals surface area contributed by atoms with E-state index in [1.54, 1.807) is 0 Å². The van der Waals surface area contributed by atoms with E-state index in [1.165, 1.54) is 12.1 Å². The summed E-state index contributed by atoms with van der Waals surface area (Å²) in [6.07, 6.45) is 0.871. The highest BCUT2D eigenvalue weighted by molar-refractivity contribution is 14.0. The molecule has 1 atom stereocenters. The fourth-order valence-electron chi connectivity index (χ4n) is 4.77. The first kappa shape index (κ1) is 27.2. The Hall–Kier alpha value is -1.07. The molecule has 1 aliphatic heterocycles. The third-order valence-electron chi connectivity index (χ3n) is 6.70. The molecule has 2 fully saturated rings. The van der Waals surface area contributed by atoms with Gasteiger partial charge in [-0.1, -0.05) is 31.0 Å². The zero-order chi connectivity index (χ0) is 22.4. The first-order valence-electron chi connectivity index (χ1n) is 11.2. The van der Waals surface area contributed by atoms with Gasteiger partial charge in [-0.25, -0.2) is 0 Å². The Balaban J connectivity index is 0.00000363. The van der Waals surface area contributed by atoms with Gasteiger partial charge in [-0.3, -0.25) is 4.99 Å². The third kappa shape index (κ3) is 6.72. The van der Waals surface area contributed by atoms with E-state index in [-0.39, 0.29) is 41.4 Å². The number of aliphatic imine (C=N–C) groups is 1. The molecule has 1 unspecified atom stereocenters. The van der Waals surface area contributed by atoms with Crippen molar-refractivity contribution in [2.24, 2.45) is 10.4 Å². The molecule has 0 bridgehead atoms. The van der Waals surface area contributed by atoms with Gasteiger partial charge in [-0.05, 0) is 44.2 Å². The molecule has 9 heteroatoms. The van der Waals surface area contributed by atoms with Crippen molar-refractivity contribution in [2.45, 2.75) is 57.0 Å². The molecule has 0 spiro atoms. The summed E-state index contributed by atoms with van der Waals surface area (Å²) in [6, 6.07) is 5.77. The number of guanidine groups is 1. The molecule has 32 heavy (non-hydrogen) atoms. The van der Waals surface area contributed by atoms with Crippen LogP contribution in [0.1, 0.15) is 56.6 Å². The Morgan fingerprint density at radius 1 is 1.19 bits per heavy atom. The van der Waals surface area contributed by atoms with E-state index in [4.69, 9.17) is 9.73 Å². The van der Waals surface area contributed by atoms with E-state index in [2.05, 4.69) is 10.6 Å². The molecule has 182 valence electrons. The minimum absolute atomic E-state index is 0. The van der Waals surface area contributed by atoms with E-state index >= 15 is 0 Å². The number of hydrogen-bond acceptors (Lipinski definition) is 3. The maximum Gasteiger partial charge on any atom is 0.416 e. The predicted octanol–water partition coefficient (Wildman–Crippen LogP) is 4.48. The monoisotopic (exact) mass is 569 g/mol. The smallest absolute Gasteiger partial charge is 0.396 e. The summed E-state index contributed by atoms with van der Waals surface area (Å²) >= 11 is 0. The Kier molecular flexibility index (Phi) is 10.1. The van der Waals surface area contributed by atoms with Gasteiger partial charge in [-0.15, -0.1) is 24.0 Å². The highest BCUT2D eigenvalue weighted by Gasteiger charge is 2.38. The minimum atomic E-state index is -4.34. The number of nitrogens with one attached hydrogen (secondary N) is 2. The van der Waals surface area contributed by atoms with Crippen molar-refractivity contribution in [1.82, 2.24) is 10.6 Å². The van der Waals surface area contributed by atoms with Gasteiger partial charge in [0.15, 0.2) is 5.96 Å². The number of rotatable bonds is 8. The molecule has 0 radical (unpaired) electrons. The second kappa shape index (κ2) is 11.9. The molecule has 5 nitrogen and oxygen atoms in total. The SMILES string of the molecule is CCNC(=NCC1(CCO)CCOC1)NCC1(c2cccc(C(F)(F)F)c2)CCCC1.I. The lowest BCUT2D eigenvalue weighted by molar-refractivity contribution is -0.137. The summed E-state index contributed by atoms with van der Waals surface area (Å²) in [7, 11) is 0. The molecular weight excluding hydrogens is 534 g/mol. The van der Waals surface area contributed by atoms with E-state index in [0.29, 0.717) is 45.2 Å². The number of aliphatic hydroxyl groups is 1. The fourth-order valence-corrected chi connectivity index (χ4v) is 4.77. The van der Waals surface area contributed by atoms with Crippen LogP contribution in [0.4, 0.5) is 13.2 Å². The average molecular weight is 569 g/mol. The molecule has 1 heterocycles. The molecular formula is C23H35F3IN3O2. The summed E-state index contributed by atoms with van der Waals surface area (Å²) in [5, 5.41) is 16.1. The average Bonchev–Trinajstić information content (AvgIpc) is 3.41. The Morgan fingerprint density at radius 2 is 1.94 bits per heavy atom. The Labute approximate surface area is 205 Å². The van der Waals surface area contributed by atoms with Crippen molar-refractivity contribution >= 4 is 29.9 Å². The van der Waals surface area contributed by atoms with Crippen LogP contribution in [0.25, 0.3) is 0 Å². The molecule has 2 aliphatic rings. The molecule has 3 N–H and O–H groups in total. The number of nitrogens with zero attached hydrogens (tertiary/aromatic N) is 1. The summed E-state index contributed by atoms with van der Waals surface area (Å²) in [5.74, 6) is 0.657. The lowest BCUT2D eigenvalue weighted by Gasteiger charge is -2.32. The number of ether oxygens (including phenoxy) is 1. The maximum absolute atomic E-state index is 13.3. The quantitative estimate of drug-likeness (QED) is 0.246. The standard InChI is InChI=1S/C23H34F3N3O2.HI/c1-2-27-20(28-15-21(10-12-30)11-13-31-17-21)29-16-22(8-3-4-9-22)18-6-5-7-19(14-18)23(24,25)26;/h5-7,14,30H,2-4,8-13,15-17H2,1H3,(H2,27,28,29);1H. The van der Waals surface area contributed by atoms with Crippen molar-refractivity contribution in [3.05, 3.63) is 35.4 Å². The number of aliphatic hydroxyl groups excluding tert-OH is 1. The largest absolute Gasteiger partial charge is 0.416 e. The van der Waals surface area contributed by atoms with Gasteiger partial charge in [0.2, 0.25) is 0 Å². The van der Waals surface area contributed by atoms with Crippen LogP contribution in [0.5, 0.6) is 0 Å². The summed E-state index contributed by atoms with van der Waals surface area (Å²) in [6.45, 7) is 5.11. The first-order valence-corrected chi connectivity index (χ1v) is 11.2. The lowest BCUT2D eigenvalue weighted by Crippen LogP contribution is -2.45. The second-order valence-corrected chi connectivity index (χ2v) is 8.89. The van der Waals surface area contributed by atoms with E-state index < -0.39 is 11.7 Å². The van der Waals surface area contributed by atoms with Crippen molar-refractivity contribution in [3.63, 3.8) is 0 Å². The minimum Gasteiger partial charge on any atom is -0.396 e. The van der Waals surface area contributed by atoms with E-state index in [9.17, 15) is 18.3 Å². The zero-order valence-electron chi connectivity index (χ0n) is 18.6. The Morgan fingerprint density at radius 3 is 2.53 bits per heavy atom. The van der Waals surface area contributed by atoms with Gasteiger partial charge >= 0.3 is 6.18 Å². The van der Waals surface area contributed by atoms with Gasteiger partial charge in [0.05, 0.1) is 18.7 Å². The number of benzene rings is 1. The summed E-state index contributed by atoms with van der Waals surface area (Å²) < 4.78 is 45.4. The molecule has 1 aliphatic carbocycles. The highest BCUT2D eigenvalue weighted by atomic mass is 127. The van der Waals surface area contributed by atoms with Gasteiger partial charge in [0.1, 0.15) is 0 Å². The van der Waals surface area contributed by atoms with Gasteiger partial charge in [-0.2, -0.15) is 13.2 Å². The topological polar surface area (TPSA) is 65.9 Å². The molecule has 1 aromatic rings. The first-order chi connectivity index (χ1) is 14.8. The molecule has 1 saturated heterocycles. The van der Waals surface area contributed by atoms with Crippen LogP contribution in [0.3, 0.4) is 0 Å². The molecule has 1 saturated carbocycles. The van der Waals surface area contributed by atoms with Gasteiger partial charge in [0, 0.05) is 37.1 Å². The van der Waals surface area contributed by atoms with Gasteiger partial charge < -0.3 is 20.5 Å². The normalized spacial score (nSPS) is 23.1. The number of halogens is 4. The van der Waals surface area contributed by atoms with Crippen molar-refractivity contribution < 1.29 is 23.0 Å². The summed E-state index contributed by atoms with van der Waals surface area (Å²) in [5.41, 5.74) is -0.340. The van der Waals surface area contributed by atoms with Crippen LogP contribution in [-0.4, -0.2) is 50.5 Å². The van der Waals surface area contributed by atoms with Crippen molar-refractivity contribution in [2.75, 3.05) is 39.5 Å². The lowest BCUT2D eigenvalue weighted by atomic mass is 9.78. The predicted molar refractivity (Wildman–Crippen MR) is 131 cm³/mol. The third-order valence-corrected chi connectivity index (χ3v) is 6.70. The van der Waals surface area contributed by atoms with E-state index in [1.807, 2.05) is 13.0 Å². The Bertz CT molecular complexity index is 746. The van der Waals surface area contributed by atoms with Gasteiger partial charge in [0.25, 0.3) is 0 Å².